The zero-order valence-electron chi connectivity index (χ0n) is 18.4. The lowest BCUT2D eigenvalue weighted by Crippen LogP contribution is -2.40. The van der Waals surface area contributed by atoms with E-state index in [1.165, 1.54) is 18.4 Å². The average Bonchev–Trinajstić information content (AvgIpc) is 3.13. The molecule has 7 heteroatoms. The standard InChI is InChI=1S/C25H24N2O4S/c1-5-19-21(24(29)31-4)22(16-9-7-6-8-10-16)27-23(28)20(32-25(27)26-19)14-17-11-12-18(30-3)13-15(17)2/h6-14,22H,5H2,1-4H3/b20-14-/t22-/m0/s1. The number of hydrogen-bond donors (Lipinski definition) is 0. The number of nitrogens with zero attached hydrogens (tertiary/aromatic N) is 2. The highest BCUT2D eigenvalue weighted by Crippen LogP contribution is 2.31. The number of aromatic nitrogens is 1. The van der Waals surface area contributed by atoms with E-state index in [0.717, 1.165) is 22.4 Å². The predicted octanol–water partition coefficient (Wildman–Crippen LogP) is 3.12. The molecule has 164 valence electrons. The van der Waals surface area contributed by atoms with Gasteiger partial charge in [-0.15, -0.1) is 0 Å². The first kappa shape index (κ1) is 21.8. The molecular weight excluding hydrogens is 424 g/mol. The van der Waals surface area contributed by atoms with Gasteiger partial charge in [0, 0.05) is 0 Å². The van der Waals surface area contributed by atoms with Crippen molar-refractivity contribution in [2.75, 3.05) is 14.2 Å². The molecule has 0 saturated carbocycles. The zero-order valence-corrected chi connectivity index (χ0v) is 19.2. The molecule has 2 heterocycles. The highest BCUT2D eigenvalue weighted by Gasteiger charge is 2.33. The number of carbonyl (C=O) groups is 1. The molecule has 0 spiro atoms. The molecule has 0 radical (unpaired) electrons. The van der Waals surface area contributed by atoms with Crippen LogP contribution in [0.4, 0.5) is 0 Å². The maximum atomic E-state index is 13.6. The first-order valence-electron chi connectivity index (χ1n) is 10.3. The lowest BCUT2D eigenvalue weighted by Gasteiger charge is -2.25. The molecule has 0 amide bonds. The van der Waals surface area contributed by atoms with Crippen LogP contribution in [0.25, 0.3) is 6.08 Å². The van der Waals surface area contributed by atoms with Crippen LogP contribution in [0.15, 0.2) is 69.6 Å². The third-order valence-corrected chi connectivity index (χ3v) is 6.51. The lowest BCUT2D eigenvalue weighted by molar-refractivity contribution is -0.136. The van der Waals surface area contributed by atoms with E-state index in [4.69, 9.17) is 9.47 Å². The van der Waals surface area contributed by atoms with Crippen molar-refractivity contribution in [3.63, 3.8) is 0 Å². The van der Waals surface area contributed by atoms with Crippen LogP contribution < -0.4 is 19.6 Å². The fraction of sp³-hybridized carbons (Fsp3) is 0.240. The van der Waals surface area contributed by atoms with Crippen LogP contribution in [0, 0.1) is 6.92 Å². The van der Waals surface area contributed by atoms with Gasteiger partial charge in [-0.3, -0.25) is 9.36 Å². The van der Waals surface area contributed by atoms with E-state index < -0.39 is 12.0 Å². The number of benzene rings is 2. The Kier molecular flexibility index (Phi) is 6.10. The van der Waals surface area contributed by atoms with Gasteiger partial charge in [0.1, 0.15) is 5.75 Å². The third kappa shape index (κ3) is 3.80. The number of allylic oxidation sites excluding steroid dienone is 1. The molecule has 2 aromatic carbocycles. The van der Waals surface area contributed by atoms with Crippen molar-refractivity contribution < 1.29 is 14.3 Å². The number of thiazole rings is 1. The Morgan fingerprint density at radius 1 is 1.19 bits per heavy atom. The fourth-order valence-corrected chi connectivity index (χ4v) is 4.90. The summed E-state index contributed by atoms with van der Waals surface area (Å²) in [4.78, 5) is 31.6. The Balaban J connectivity index is 1.98. The molecule has 1 atom stereocenters. The summed E-state index contributed by atoms with van der Waals surface area (Å²) >= 11 is 1.33. The summed E-state index contributed by atoms with van der Waals surface area (Å²) in [5, 5.41) is 0. The average molecular weight is 449 g/mol. The van der Waals surface area contributed by atoms with Gasteiger partial charge >= 0.3 is 5.97 Å². The van der Waals surface area contributed by atoms with Gasteiger partial charge in [0.05, 0.1) is 36.1 Å². The minimum atomic E-state index is -0.589. The van der Waals surface area contributed by atoms with E-state index in [1.54, 1.807) is 11.7 Å². The van der Waals surface area contributed by atoms with Gasteiger partial charge in [0.25, 0.3) is 5.56 Å². The number of hydrogen-bond acceptors (Lipinski definition) is 6. The lowest BCUT2D eigenvalue weighted by atomic mass is 9.95. The maximum absolute atomic E-state index is 13.6. The molecule has 4 rings (SSSR count). The van der Waals surface area contributed by atoms with Crippen molar-refractivity contribution in [1.29, 1.82) is 0 Å². The molecule has 0 aliphatic carbocycles. The van der Waals surface area contributed by atoms with Crippen molar-refractivity contribution in [1.82, 2.24) is 4.57 Å². The van der Waals surface area contributed by atoms with E-state index in [1.807, 2.05) is 68.5 Å². The fourth-order valence-electron chi connectivity index (χ4n) is 3.89. The van der Waals surface area contributed by atoms with E-state index in [2.05, 4.69) is 4.99 Å². The summed E-state index contributed by atoms with van der Waals surface area (Å²) in [6, 6.07) is 14.7. The van der Waals surface area contributed by atoms with Gasteiger partial charge in [-0.2, -0.15) is 0 Å². The summed E-state index contributed by atoms with van der Waals surface area (Å²) in [6.45, 7) is 3.92. The van der Waals surface area contributed by atoms with E-state index in [9.17, 15) is 9.59 Å². The van der Waals surface area contributed by atoms with Crippen molar-refractivity contribution >= 4 is 23.4 Å². The zero-order chi connectivity index (χ0) is 22.8. The second-order valence-corrected chi connectivity index (χ2v) is 8.43. The quantitative estimate of drug-likeness (QED) is 0.563. The van der Waals surface area contributed by atoms with Crippen molar-refractivity contribution in [3.8, 4) is 5.75 Å². The smallest absolute Gasteiger partial charge is 0.338 e. The van der Waals surface area contributed by atoms with Crippen LogP contribution in [0.1, 0.15) is 36.1 Å². The molecule has 0 fully saturated rings. The van der Waals surface area contributed by atoms with Crippen molar-refractivity contribution in [2.24, 2.45) is 4.99 Å². The van der Waals surface area contributed by atoms with Gasteiger partial charge in [0.15, 0.2) is 4.80 Å². The van der Waals surface area contributed by atoms with Gasteiger partial charge in [-0.25, -0.2) is 9.79 Å². The largest absolute Gasteiger partial charge is 0.497 e. The second-order valence-electron chi connectivity index (χ2n) is 7.42. The van der Waals surface area contributed by atoms with E-state index in [0.29, 0.717) is 27.0 Å². The predicted molar refractivity (Wildman–Crippen MR) is 125 cm³/mol. The molecule has 1 aliphatic heterocycles. The highest BCUT2D eigenvalue weighted by molar-refractivity contribution is 7.07. The van der Waals surface area contributed by atoms with Gasteiger partial charge in [0.2, 0.25) is 0 Å². The molecule has 0 unspecified atom stereocenters. The Bertz CT molecular complexity index is 1380. The van der Waals surface area contributed by atoms with Crippen LogP contribution in [0.2, 0.25) is 0 Å². The molecular formula is C25H24N2O4S. The van der Waals surface area contributed by atoms with E-state index in [-0.39, 0.29) is 5.56 Å². The monoisotopic (exact) mass is 448 g/mol. The van der Waals surface area contributed by atoms with Gasteiger partial charge < -0.3 is 9.47 Å². The second kappa shape index (κ2) is 8.96. The summed E-state index contributed by atoms with van der Waals surface area (Å²) < 4.78 is 12.5. The Morgan fingerprint density at radius 3 is 2.56 bits per heavy atom. The first-order valence-corrected chi connectivity index (χ1v) is 11.1. The van der Waals surface area contributed by atoms with Crippen LogP contribution >= 0.6 is 11.3 Å². The Morgan fingerprint density at radius 2 is 1.94 bits per heavy atom. The Labute approximate surface area is 189 Å². The summed E-state index contributed by atoms with van der Waals surface area (Å²) in [6.07, 6.45) is 2.42. The summed E-state index contributed by atoms with van der Waals surface area (Å²) in [5.74, 6) is 0.292. The number of methoxy groups -OCH3 is 2. The summed E-state index contributed by atoms with van der Waals surface area (Å²) in [7, 11) is 2.97. The van der Waals surface area contributed by atoms with Crippen LogP contribution in [0.5, 0.6) is 5.75 Å². The molecule has 32 heavy (non-hydrogen) atoms. The van der Waals surface area contributed by atoms with Crippen LogP contribution in [-0.4, -0.2) is 24.8 Å². The van der Waals surface area contributed by atoms with Gasteiger partial charge in [-0.05, 0) is 48.2 Å². The third-order valence-electron chi connectivity index (χ3n) is 5.53. The highest BCUT2D eigenvalue weighted by atomic mass is 32.1. The maximum Gasteiger partial charge on any atom is 0.338 e. The number of ether oxygens (including phenoxy) is 2. The van der Waals surface area contributed by atoms with Crippen LogP contribution in [-0.2, 0) is 9.53 Å². The molecule has 3 aromatic rings. The minimum Gasteiger partial charge on any atom is -0.497 e. The number of esters is 1. The number of carbonyl (C=O) groups excluding carboxylic acids is 1. The van der Waals surface area contributed by atoms with Crippen LogP contribution in [0.3, 0.4) is 0 Å². The van der Waals surface area contributed by atoms with Crippen molar-refractivity contribution in [3.05, 3.63) is 96.2 Å². The number of fused-ring (bicyclic) bond motifs is 1. The molecule has 0 bridgehead atoms. The summed E-state index contributed by atoms with van der Waals surface area (Å²) in [5.41, 5.74) is 3.62. The topological polar surface area (TPSA) is 69.9 Å². The first-order chi connectivity index (χ1) is 15.5. The Hall–Kier alpha value is -3.45. The number of aryl methyl sites for hydroxylation is 1. The molecule has 1 aliphatic rings. The van der Waals surface area contributed by atoms with Gasteiger partial charge in [-0.1, -0.05) is 54.7 Å². The van der Waals surface area contributed by atoms with Crippen molar-refractivity contribution in [2.45, 2.75) is 26.3 Å². The minimum absolute atomic E-state index is 0.186. The normalized spacial score (nSPS) is 15.9. The molecule has 1 aromatic heterocycles. The molecule has 0 N–H and O–H groups in total. The number of rotatable bonds is 5. The SMILES string of the molecule is CCC1=C(C(=O)OC)[C@H](c2ccccc2)n2c(s/c(=C\c3ccc(OC)cc3C)c2=O)=N1. The molecule has 0 saturated heterocycles. The van der Waals surface area contributed by atoms with E-state index >= 15 is 0 Å². The molecule has 6 nitrogen and oxygen atoms in total.